The van der Waals surface area contributed by atoms with Crippen LogP contribution in [0.25, 0.3) is 5.57 Å². The van der Waals surface area contributed by atoms with Gasteiger partial charge in [-0.25, -0.2) is 9.29 Å². The Morgan fingerprint density at radius 2 is 1.74 bits per heavy atom. The summed E-state index contributed by atoms with van der Waals surface area (Å²) < 4.78 is 20.1. The molecule has 0 spiro atoms. The summed E-state index contributed by atoms with van der Waals surface area (Å²) in [6, 6.07) is 9.48. The Hall–Kier alpha value is -2.51. The van der Waals surface area contributed by atoms with Gasteiger partial charge in [-0.15, -0.1) is 11.3 Å². The number of carbonyl (C=O) groups is 2. The molecule has 0 N–H and O–H groups in total. The van der Waals surface area contributed by atoms with Gasteiger partial charge in [-0.3, -0.25) is 9.59 Å². The van der Waals surface area contributed by atoms with Crippen molar-refractivity contribution in [2.45, 2.75) is 26.1 Å². The molecule has 5 nitrogen and oxygen atoms in total. The van der Waals surface area contributed by atoms with Crippen LogP contribution in [0.1, 0.15) is 18.7 Å². The van der Waals surface area contributed by atoms with Gasteiger partial charge in [0.15, 0.2) is 0 Å². The minimum absolute atomic E-state index is 0.0223. The SMILES string of the molecule is CC1CN(C2=C(c3cccs3)C(=O)N(c3ccccc3F)C2=O)CC(C)O1. The van der Waals surface area contributed by atoms with E-state index in [0.29, 0.717) is 29.2 Å². The van der Waals surface area contributed by atoms with E-state index in [1.54, 1.807) is 6.07 Å². The Morgan fingerprint density at radius 1 is 1.04 bits per heavy atom. The molecular formula is C20H19FN2O3S. The summed E-state index contributed by atoms with van der Waals surface area (Å²) in [5.74, 6) is -1.58. The summed E-state index contributed by atoms with van der Waals surface area (Å²) in [5, 5.41) is 1.86. The lowest BCUT2D eigenvalue weighted by Gasteiger charge is -2.37. The number of hydrogen-bond acceptors (Lipinski definition) is 5. The van der Waals surface area contributed by atoms with Gasteiger partial charge >= 0.3 is 0 Å². The molecule has 1 aromatic carbocycles. The molecule has 2 aliphatic heterocycles. The molecule has 0 aliphatic carbocycles. The van der Waals surface area contributed by atoms with Gasteiger partial charge in [-0.1, -0.05) is 18.2 Å². The summed E-state index contributed by atoms with van der Waals surface area (Å²) in [4.78, 5) is 30.1. The monoisotopic (exact) mass is 386 g/mol. The second-order valence-electron chi connectivity index (χ2n) is 6.76. The fraction of sp³-hybridized carbons (Fsp3) is 0.300. The zero-order chi connectivity index (χ0) is 19.1. The van der Waals surface area contributed by atoms with Crippen molar-refractivity contribution in [3.05, 3.63) is 58.2 Å². The Bertz CT molecular complexity index is 915. The first-order valence-corrected chi connectivity index (χ1v) is 9.67. The highest BCUT2D eigenvalue weighted by Gasteiger charge is 2.44. The number of para-hydroxylation sites is 1. The Balaban J connectivity index is 1.83. The number of amides is 2. The third kappa shape index (κ3) is 3.07. The molecule has 2 aliphatic rings. The summed E-state index contributed by atoms with van der Waals surface area (Å²) in [7, 11) is 0. The van der Waals surface area contributed by atoms with Crippen molar-refractivity contribution >= 4 is 34.4 Å². The molecule has 1 aromatic heterocycles. The van der Waals surface area contributed by atoms with Crippen LogP contribution in [0, 0.1) is 5.82 Å². The molecular weight excluding hydrogens is 367 g/mol. The predicted molar refractivity (Wildman–Crippen MR) is 102 cm³/mol. The fourth-order valence-corrected chi connectivity index (χ4v) is 4.43. The van der Waals surface area contributed by atoms with Crippen molar-refractivity contribution in [1.29, 1.82) is 0 Å². The lowest BCUT2D eigenvalue weighted by molar-refractivity contribution is -0.121. The highest BCUT2D eigenvalue weighted by atomic mass is 32.1. The van der Waals surface area contributed by atoms with Crippen LogP contribution in [0.15, 0.2) is 47.5 Å². The zero-order valence-corrected chi connectivity index (χ0v) is 15.8. The first-order valence-electron chi connectivity index (χ1n) is 8.79. The van der Waals surface area contributed by atoms with Crippen LogP contribution >= 0.6 is 11.3 Å². The summed E-state index contributed by atoms with van der Waals surface area (Å²) in [6.07, 6.45) is -0.146. The van der Waals surface area contributed by atoms with Crippen LogP contribution in [0.3, 0.4) is 0 Å². The van der Waals surface area contributed by atoms with E-state index < -0.39 is 17.6 Å². The van der Waals surface area contributed by atoms with Gasteiger partial charge in [-0.2, -0.15) is 0 Å². The number of imide groups is 1. The largest absolute Gasteiger partial charge is 0.372 e. The van der Waals surface area contributed by atoms with E-state index in [1.807, 2.05) is 36.3 Å². The van der Waals surface area contributed by atoms with Crippen molar-refractivity contribution in [3.63, 3.8) is 0 Å². The zero-order valence-electron chi connectivity index (χ0n) is 15.0. The first kappa shape index (κ1) is 17.9. The second-order valence-corrected chi connectivity index (χ2v) is 7.71. The number of carbonyl (C=O) groups excluding carboxylic acids is 2. The molecule has 27 heavy (non-hydrogen) atoms. The maximum absolute atomic E-state index is 14.4. The number of hydrogen-bond donors (Lipinski definition) is 0. The topological polar surface area (TPSA) is 49.9 Å². The minimum atomic E-state index is -0.602. The van der Waals surface area contributed by atoms with Gasteiger partial charge < -0.3 is 9.64 Å². The third-order valence-electron chi connectivity index (χ3n) is 4.66. The van der Waals surface area contributed by atoms with Crippen LogP contribution in [0.5, 0.6) is 0 Å². The molecule has 7 heteroatoms. The van der Waals surface area contributed by atoms with Gasteiger partial charge in [0.25, 0.3) is 11.8 Å². The van der Waals surface area contributed by atoms with Crippen molar-refractivity contribution in [2.75, 3.05) is 18.0 Å². The van der Waals surface area contributed by atoms with E-state index >= 15 is 0 Å². The summed E-state index contributed by atoms with van der Waals surface area (Å²) in [6.45, 7) is 4.87. The highest BCUT2D eigenvalue weighted by Crippen LogP contribution is 2.38. The van der Waals surface area contributed by atoms with E-state index in [1.165, 1.54) is 29.5 Å². The average Bonchev–Trinajstić information content (AvgIpc) is 3.21. The number of anilines is 1. The van der Waals surface area contributed by atoms with E-state index in [4.69, 9.17) is 4.74 Å². The smallest absolute Gasteiger partial charge is 0.282 e. The standard InChI is InChI=1S/C20H19FN2O3S/c1-12-10-22(11-13(2)26-12)18-17(16-8-5-9-27-16)19(24)23(20(18)25)15-7-4-3-6-14(15)21/h3-9,12-13H,10-11H2,1-2H3. The molecule has 2 aromatic rings. The van der Waals surface area contributed by atoms with E-state index in [9.17, 15) is 14.0 Å². The molecule has 0 radical (unpaired) electrons. The van der Waals surface area contributed by atoms with Crippen molar-refractivity contribution in [3.8, 4) is 0 Å². The van der Waals surface area contributed by atoms with Crippen molar-refractivity contribution < 1.29 is 18.7 Å². The molecule has 1 fully saturated rings. The van der Waals surface area contributed by atoms with Crippen molar-refractivity contribution in [1.82, 2.24) is 4.90 Å². The van der Waals surface area contributed by atoms with Crippen molar-refractivity contribution in [2.24, 2.45) is 0 Å². The second kappa shape index (κ2) is 6.90. The lowest BCUT2D eigenvalue weighted by Crippen LogP contribution is -2.47. The predicted octanol–water partition coefficient (Wildman–Crippen LogP) is 3.28. The highest BCUT2D eigenvalue weighted by molar-refractivity contribution is 7.11. The van der Waals surface area contributed by atoms with Gasteiger partial charge in [0.1, 0.15) is 11.5 Å². The number of rotatable bonds is 3. The van der Waals surface area contributed by atoms with E-state index in [-0.39, 0.29) is 17.9 Å². The number of thiophene rings is 1. The number of morpholine rings is 1. The molecule has 2 amide bonds. The van der Waals surface area contributed by atoms with E-state index in [0.717, 1.165) is 4.90 Å². The van der Waals surface area contributed by atoms with Crippen LogP contribution in [0.4, 0.5) is 10.1 Å². The van der Waals surface area contributed by atoms with Crippen LogP contribution in [-0.2, 0) is 14.3 Å². The lowest BCUT2D eigenvalue weighted by atomic mass is 10.1. The molecule has 2 atom stereocenters. The van der Waals surface area contributed by atoms with E-state index in [2.05, 4.69) is 0 Å². The fourth-order valence-electron chi connectivity index (χ4n) is 3.67. The molecule has 3 heterocycles. The maximum Gasteiger partial charge on any atom is 0.282 e. The number of benzene rings is 1. The molecule has 2 unspecified atom stereocenters. The average molecular weight is 386 g/mol. The molecule has 4 rings (SSSR count). The number of halogens is 1. The van der Waals surface area contributed by atoms with Crippen LogP contribution < -0.4 is 4.90 Å². The normalized spacial score (nSPS) is 23.5. The molecule has 0 bridgehead atoms. The molecule has 140 valence electrons. The quantitative estimate of drug-likeness (QED) is 0.760. The third-order valence-corrected chi connectivity index (χ3v) is 5.54. The number of nitrogens with zero attached hydrogens (tertiary/aromatic N) is 2. The van der Waals surface area contributed by atoms with Gasteiger partial charge in [0, 0.05) is 18.0 Å². The Morgan fingerprint density at radius 3 is 2.37 bits per heavy atom. The summed E-state index contributed by atoms with van der Waals surface area (Å²) >= 11 is 1.39. The van der Waals surface area contributed by atoms with Crippen LogP contribution in [-0.4, -0.2) is 42.0 Å². The maximum atomic E-state index is 14.4. The van der Waals surface area contributed by atoms with Gasteiger partial charge in [-0.05, 0) is 37.4 Å². The van der Waals surface area contributed by atoms with Gasteiger partial charge in [0.05, 0.1) is 23.5 Å². The molecule has 0 saturated carbocycles. The van der Waals surface area contributed by atoms with Gasteiger partial charge in [0.2, 0.25) is 0 Å². The summed E-state index contributed by atoms with van der Waals surface area (Å²) in [5.41, 5.74) is 0.637. The number of ether oxygens (including phenoxy) is 1. The molecule has 1 saturated heterocycles. The first-order chi connectivity index (χ1) is 13.0. The Labute approximate surface area is 160 Å². The Kier molecular flexibility index (Phi) is 4.57. The minimum Gasteiger partial charge on any atom is -0.372 e. The van der Waals surface area contributed by atoms with Crippen LogP contribution in [0.2, 0.25) is 0 Å².